The molecule has 0 radical (unpaired) electrons. The van der Waals surface area contributed by atoms with Crippen LogP contribution in [0.15, 0.2) is 48.0 Å². The van der Waals surface area contributed by atoms with Gasteiger partial charge in [-0.1, -0.05) is 12.1 Å². The number of aryl methyl sites for hydroxylation is 1. The Bertz CT molecular complexity index is 1030. The van der Waals surface area contributed by atoms with Crippen LogP contribution in [-0.2, 0) is 20.7 Å². The van der Waals surface area contributed by atoms with E-state index in [2.05, 4.69) is 0 Å². The van der Waals surface area contributed by atoms with Crippen LogP contribution < -0.4 is 4.74 Å². The predicted octanol–water partition coefficient (Wildman–Crippen LogP) is 3.61. The third-order valence-electron chi connectivity index (χ3n) is 5.66. The lowest BCUT2D eigenvalue weighted by Crippen LogP contribution is -2.31. The van der Waals surface area contributed by atoms with Crippen LogP contribution in [0.5, 0.6) is 5.75 Å². The van der Waals surface area contributed by atoms with Gasteiger partial charge in [0.15, 0.2) is 0 Å². The molecule has 31 heavy (non-hydrogen) atoms. The number of methoxy groups -OCH3 is 1. The molecule has 2 heterocycles. The number of halogens is 1. The molecule has 0 aromatic heterocycles. The monoisotopic (exact) mass is 425 g/mol. The number of Topliss-reactive ketones (excluding diaryl/α,β-unsaturated/α-hetero) is 1. The molecular weight excluding hydrogens is 401 g/mol. The van der Waals surface area contributed by atoms with Gasteiger partial charge in [0.25, 0.3) is 11.7 Å². The van der Waals surface area contributed by atoms with Gasteiger partial charge < -0.3 is 19.5 Å². The summed E-state index contributed by atoms with van der Waals surface area (Å²) in [6, 6.07) is 10.1. The lowest BCUT2D eigenvalue weighted by atomic mass is 9.94. The summed E-state index contributed by atoms with van der Waals surface area (Å²) in [5.74, 6) is -1.34. The third kappa shape index (κ3) is 4.05. The number of carbonyl (C=O) groups excluding carboxylic acids is 2. The molecule has 0 bridgehead atoms. The summed E-state index contributed by atoms with van der Waals surface area (Å²) in [7, 11) is 1.56. The molecule has 1 saturated heterocycles. The van der Waals surface area contributed by atoms with E-state index in [4.69, 9.17) is 9.47 Å². The van der Waals surface area contributed by atoms with Gasteiger partial charge in [-0.05, 0) is 60.7 Å². The first kappa shape index (κ1) is 21.1. The van der Waals surface area contributed by atoms with Gasteiger partial charge in [-0.25, -0.2) is 4.39 Å². The summed E-state index contributed by atoms with van der Waals surface area (Å²) in [6.07, 6.45) is 2.21. The van der Waals surface area contributed by atoms with Gasteiger partial charge >= 0.3 is 0 Å². The van der Waals surface area contributed by atoms with Crippen LogP contribution in [0.4, 0.5) is 4.39 Å². The number of ketones is 1. The summed E-state index contributed by atoms with van der Waals surface area (Å²) in [5, 5.41) is 11.1. The summed E-state index contributed by atoms with van der Waals surface area (Å²) in [6.45, 7) is 1.34. The first-order chi connectivity index (χ1) is 15.0. The number of nitrogens with zero attached hydrogens (tertiary/aromatic N) is 1. The third-order valence-corrected chi connectivity index (χ3v) is 5.66. The normalized spacial score (nSPS) is 19.9. The van der Waals surface area contributed by atoms with Crippen molar-refractivity contribution in [3.8, 4) is 5.75 Å². The zero-order valence-corrected chi connectivity index (χ0v) is 17.3. The SMILES string of the molecule is COCCCN1C(=O)C(=O)/C(=C(\O)c2ccc3c(c2)CCCO3)C1c1ccc(F)cc1. The molecule has 1 amide bonds. The number of ether oxygens (including phenoxy) is 2. The highest BCUT2D eigenvalue weighted by atomic mass is 19.1. The number of amides is 1. The number of hydrogen-bond acceptors (Lipinski definition) is 5. The number of likely N-dealkylation sites (tertiary alicyclic amines) is 1. The van der Waals surface area contributed by atoms with Crippen LogP contribution in [-0.4, -0.2) is 48.6 Å². The van der Waals surface area contributed by atoms with E-state index in [0.717, 1.165) is 24.2 Å². The van der Waals surface area contributed by atoms with E-state index in [1.54, 1.807) is 25.3 Å². The second-order valence-electron chi connectivity index (χ2n) is 7.66. The van der Waals surface area contributed by atoms with Crippen LogP contribution in [0.1, 0.15) is 35.6 Å². The maximum absolute atomic E-state index is 13.5. The van der Waals surface area contributed by atoms with Gasteiger partial charge in [-0.3, -0.25) is 9.59 Å². The van der Waals surface area contributed by atoms with Crippen LogP contribution in [0.25, 0.3) is 5.76 Å². The second kappa shape index (κ2) is 8.89. The molecule has 2 aromatic rings. The number of carbonyl (C=O) groups is 2. The Labute approximate surface area is 179 Å². The molecule has 7 heteroatoms. The van der Waals surface area contributed by atoms with Crippen molar-refractivity contribution in [2.24, 2.45) is 0 Å². The maximum Gasteiger partial charge on any atom is 0.295 e. The molecular formula is C24H24FNO5. The molecule has 0 spiro atoms. The van der Waals surface area contributed by atoms with E-state index >= 15 is 0 Å². The van der Waals surface area contributed by atoms with Crippen LogP contribution >= 0.6 is 0 Å². The Morgan fingerprint density at radius 2 is 2.00 bits per heavy atom. The average molecular weight is 425 g/mol. The van der Waals surface area contributed by atoms with E-state index in [0.29, 0.717) is 30.8 Å². The van der Waals surface area contributed by atoms with E-state index in [9.17, 15) is 19.1 Å². The Hall–Kier alpha value is -3.19. The number of aliphatic hydroxyl groups is 1. The Kier molecular flexibility index (Phi) is 6.04. The molecule has 2 aliphatic rings. The number of fused-ring (bicyclic) bond motifs is 1. The van der Waals surface area contributed by atoms with E-state index < -0.39 is 23.5 Å². The molecule has 2 aliphatic heterocycles. The largest absolute Gasteiger partial charge is 0.507 e. The molecule has 1 unspecified atom stereocenters. The minimum absolute atomic E-state index is 0.00528. The van der Waals surface area contributed by atoms with Gasteiger partial charge in [0.05, 0.1) is 18.2 Å². The van der Waals surface area contributed by atoms with Crippen LogP contribution in [0.2, 0.25) is 0 Å². The molecule has 6 nitrogen and oxygen atoms in total. The van der Waals surface area contributed by atoms with E-state index in [1.165, 1.54) is 29.2 Å². The highest BCUT2D eigenvalue weighted by Crippen LogP contribution is 2.40. The number of rotatable bonds is 6. The zero-order chi connectivity index (χ0) is 22.0. The van der Waals surface area contributed by atoms with Crippen molar-refractivity contribution in [1.82, 2.24) is 4.90 Å². The molecule has 2 aromatic carbocycles. The van der Waals surface area contributed by atoms with Crippen molar-refractivity contribution in [3.05, 3.63) is 70.5 Å². The Morgan fingerprint density at radius 3 is 2.74 bits per heavy atom. The second-order valence-corrected chi connectivity index (χ2v) is 7.66. The van der Waals surface area contributed by atoms with E-state index in [1.807, 2.05) is 0 Å². The van der Waals surface area contributed by atoms with Gasteiger partial charge in [0.2, 0.25) is 0 Å². The molecule has 1 atom stereocenters. The van der Waals surface area contributed by atoms with E-state index in [-0.39, 0.29) is 17.9 Å². The highest BCUT2D eigenvalue weighted by Gasteiger charge is 2.45. The Morgan fingerprint density at radius 1 is 1.23 bits per heavy atom. The quantitative estimate of drug-likeness (QED) is 0.331. The summed E-state index contributed by atoms with van der Waals surface area (Å²) in [5.41, 5.74) is 1.96. The van der Waals surface area contributed by atoms with Gasteiger partial charge in [0.1, 0.15) is 17.3 Å². The van der Waals surface area contributed by atoms with Crippen molar-refractivity contribution in [2.45, 2.75) is 25.3 Å². The molecule has 0 aliphatic carbocycles. The van der Waals surface area contributed by atoms with Gasteiger partial charge in [-0.2, -0.15) is 0 Å². The fraction of sp³-hybridized carbons (Fsp3) is 0.333. The predicted molar refractivity (Wildman–Crippen MR) is 112 cm³/mol. The maximum atomic E-state index is 13.5. The first-order valence-corrected chi connectivity index (χ1v) is 10.3. The number of benzene rings is 2. The van der Waals surface area contributed by atoms with Crippen LogP contribution in [0.3, 0.4) is 0 Å². The van der Waals surface area contributed by atoms with Crippen molar-refractivity contribution < 1.29 is 28.6 Å². The fourth-order valence-corrected chi connectivity index (χ4v) is 4.14. The summed E-state index contributed by atoms with van der Waals surface area (Å²) >= 11 is 0. The molecule has 1 fully saturated rings. The van der Waals surface area contributed by atoms with Crippen molar-refractivity contribution in [1.29, 1.82) is 0 Å². The molecule has 162 valence electrons. The summed E-state index contributed by atoms with van der Waals surface area (Å²) < 4.78 is 24.2. The van der Waals surface area contributed by atoms with Crippen molar-refractivity contribution in [3.63, 3.8) is 0 Å². The summed E-state index contributed by atoms with van der Waals surface area (Å²) in [4.78, 5) is 27.2. The first-order valence-electron chi connectivity index (χ1n) is 10.3. The highest BCUT2D eigenvalue weighted by molar-refractivity contribution is 6.46. The minimum atomic E-state index is -0.801. The lowest BCUT2D eigenvalue weighted by Gasteiger charge is -2.25. The fourth-order valence-electron chi connectivity index (χ4n) is 4.14. The molecule has 0 saturated carbocycles. The standard InChI is InChI=1S/C24H24FNO5/c1-30-12-3-11-26-21(15-5-8-18(25)9-6-15)20(23(28)24(26)29)22(27)17-7-10-19-16(14-17)4-2-13-31-19/h5-10,14,21,27H,2-4,11-13H2,1H3/b22-20-. The van der Waals surface area contributed by atoms with Crippen molar-refractivity contribution in [2.75, 3.05) is 26.9 Å². The average Bonchev–Trinajstić information content (AvgIpc) is 3.04. The lowest BCUT2D eigenvalue weighted by molar-refractivity contribution is -0.140. The topological polar surface area (TPSA) is 76.1 Å². The minimum Gasteiger partial charge on any atom is -0.507 e. The number of hydrogen-bond donors (Lipinski definition) is 1. The number of aliphatic hydroxyl groups excluding tert-OH is 1. The van der Waals surface area contributed by atoms with Gasteiger partial charge in [0, 0.05) is 25.8 Å². The smallest absolute Gasteiger partial charge is 0.295 e. The molecule has 4 rings (SSSR count). The molecule has 1 N–H and O–H groups in total. The Balaban J connectivity index is 1.79. The van der Waals surface area contributed by atoms with Crippen molar-refractivity contribution >= 4 is 17.4 Å². The van der Waals surface area contributed by atoms with Gasteiger partial charge in [-0.15, -0.1) is 0 Å². The zero-order valence-electron chi connectivity index (χ0n) is 17.3. The van der Waals surface area contributed by atoms with Crippen LogP contribution in [0, 0.1) is 5.82 Å².